The first-order chi connectivity index (χ1) is 18.3. The second-order valence-electron chi connectivity index (χ2n) is 8.49. The Morgan fingerprint density at radius 1 is 0.763 bits per heavy atom. The second kappa shape index (κ2) is 10.1. The summed E-state index contributed by atoms with van der Waals surface area (Å²) in [6.07, 6.45) is 0. The molecule has 0 spiro atoms. The van der Waals surface area contributed by atoms with E-state index in [4.69, 9.17) is 18.3 Å². The molecule has 0 aliphatic rings. The van der Waals surface area contributed by atoms with E-state index in [9.17, 15) is 24.6 Å². The first-order valence-electron chi connectivity index (χ1n) is 11.7. The van der Waals surface area contributed by atoms with Gasteiger partial charge in [0.05, 0.1) is 27.8 Å². The lowest BCUT2D eigenvalue weighted by Gasteiger charge is -2.20. The van der Waals surface area contributed by atoms with E-state index >= 15 is 0 Å². The van der Waals surface area contributed by atoms with E-state index in [0.29, 0.717) is 11.3 Å². The smallest absolute Gasteiger partial charge is 0.344 e. The van der Waals surface area contributed by atoms with Crippen LogP contribution in [-0.2, 0) is 9.53 Å². The van der Waals surface area contributed by atoms with Crippen LogP contribution in [0.2, 0.25) is 0 Å². The van der Waals surface area contributed by atoms with Gasteiger partial charge in [-0.15, -0.1) is 0 Å². The van der Waals surface area contributed by atoms with Gasteiger partial charge in [-0.25, -0.2) is 9.59 Å². The standard InChI is InChI=1S/C29H22O9/c1-16(30)35-14-15-36-18-12-10-17(11-13-18)23(24-26(31)19-6-2-4-8-21(19)37-28(24)33)25-27(32)20-7-3-5-9-22(20)38-29(25)34/h2-13,23,31-32H,14-15H2,1H3. The fraction of sp³-hybridized carbons (Fsp3) is 0.138. The van der Waals surface area contributed by atoms with Gasteiger partial charge in [0, 0.05) is 6.92 Å². The van der Waals surface area contributed by atoms with E-state index in [0.717, 1.165) is 0 Å². The van der Waals surface area contributed by atoms with E-state index in [1.165, 1.54) is 6.92 Å². The van der Waals surface area contributed by atoms with Crippen LogP contribution in [0.5, 0.6) is 17.2 Å². The molecule has 0 saturated heterocycles. The average molecular weight is 514 g/mol. The summed E-state index contributed by atoms with van der Waals surface area (Å²) >= 11 is 0. The largest absolute Gasteiger partial charge is 0.507 e. The topological polar surface area (TPSA) is 136 Å². The number of hydrogen-bond donors (Lipinski definition) is 2. The van der Waals surface area contributed by atoms with E-state index in [1.54, 1.807) is 72.8 Å². The first-order valence-corrected chi connectivity index (χ1v) is 11.7. The van der Waals surface area contributed by atoms with Crippen LogP contribution in [0.4, 0.5) is 0 Å². The number of ether oxygens (including phenoxy) is 2. The summed E-state index contributed by atoms with van der Waals surface area (Å²) in [5, 5.41) is 23.0. The van der Waals surface area contributed by atoms with Crippen molar-refractivity contribution in [3.63, 3.8) is 0 Å². The number of benzene rings is 3. The maximum atomic E-state index is 13.2. The molecule has 192 valence electrons. The van der Waals surface area contributed by atoms with Gasteiger partial charge in [-0.3, -0.25) is 4.79 Å². The van der Waals surface area contributed by atoms with Gasteiger partial charge in [0.15, 0.2) is 0 Å². The lowest BCUT2D eigenvalue weighted by atomic mass is 9.84. The molecule has 5 aromatic rings. The van der Waals surface area contributed by atoms with Gasteiger partial charge in [0.25, 0.3) is 0 Å². The highest BCUT2D eigenvalue weighted by Crippen LogP contribution is 2.42. The predicted octanol–water partition coefficient (Wildman–Crippen LogP) is 4.43. The van der Waals surface area contributed by atoms with Gasteiger partial charge >= 0.3 is 17.2 Å². The molecule has 9 nitrogen and oxygen atoms in total. The van der Waals surface area contributed by atoms with Crippen molar-refractivity contribution in [3.8, 4) is 17.2 Å². The fourth-order valence-corrected chi connectivity index (χ4v) is 4.38. The molecule has 3 aromatic carbocycles. The highest BCUT2D eigenvalue weighted by molar-refractivity contribution is 5.87. The number of aromatic hydroxyl groups is 2. The molecular weight excluding hydrogens is 492 g/mol. The summed E-state index contributed by atoms with van der Waals surface area (Å²) in [5.74, 6) is -1.99. The molecule has 9 heteroatoms. The Balaban J connectivity index is 1.68. The molecule has 0 amide bonds. The van der Waals surface area contributed by atoms with Crippen molar-refractivity contribution in [1.29, 1.82) is 0 Å². The van der Waals surface area contributed by atoms with E-state index in [2.05, 4.69) is 0 Å². The molecule has 0 unspecified atom stereocenters. The SMILES string of the molecule is CC(=O)OCCOc1ccc(C(c2c(O)c3ccccc3oc2=O)c2c(O)c3ccccc3oc2=O)cc1. The fourth-order valence-electron chi connectivity index (χ4n) is 4.38. The van der Waals surface area contributed by atoms with Crippen molar-refractivity contribution >= 4 is 27.9 Å². The van der Waals surface area contributed by atoms with Crippen LogP contribution in [0.3, 0.4) is 0 Å². The van der Waals surface area contributed by atoms with E-state index in [1.807, 2.05) is 0 Å². The Hall–Kier alpha value is -5.05. The number of hydrogen-bond acceptors (Lipinski definition) is 9. The average Bonchev–Trinajstić information content (AvgIpc) is 2.90. The van der Waals surface area contributed by atoms with Gasteiger partial charge in [0.2, 0.25) is 0 Å². The molecule has 2 aromatic heterocycles. The number of esters is 1. The van der Waals surface area contributed by atoms with Gasteiger partial charge in [-0.05, 0) is 42.0 Å². The summed E-state index contributed by atoms with van der Waals surface area (Å²) in [6, 6.07) is 19.3. The van der Waals surface area contributed by atoms with Crippen LogP contribution >= 0.6 is 0 Å². The Morgan fingerprint density at radius 2 is 1.26 bits per heavy atom. The lowest BCUT2D eigenvalue weighted by molar-refractivity contribution is -0.141. The van der Waals surface area contributed by atoms with Crippen LogP contribution < -0.4 is 16.0 Å². The second-order valence-corrected chi connectivity index (χ2v) is 8.49. The number of para-hydroxylation sites is 2. The van der Waals surface area contributed by atoms with Gasteiger partial charge in [-0.2, -0.15) is 0 Å². The third kappa shape index (κ3) is 4.57. The molecular formula is C29H22O9. The highest BCUT2D eigenvalue weighted by Gasteiger charge is 2.32. The van der Waals surface area contributed by atoms with E-state index < -0.39 is 23.1 Å². The number of rotatable bonds is 7. The molecule has 0 saturated carbocycles. The predicted molar refractivity (Wildman–Crippen MR) is 138 cm³/mol. The van der Waals surface area contributed by atoms with Gasteiger partial charge in [-0.1, -0.05) is 36.4 Å². The van der Waals surface area contributed by atoms with Crippen LogP contribution in [0, 0.1) is 0 Å². The van der Waals surface area contributed by atoms with Crippen LogP contribution in [0.15, 0.2) is 91.2 Å². The normalized spacial score (nSPS) is 11.2. The number of carbonyl (C=O) groups excluding carboxylic acids is 1. The Kier molecular flexibility index (Phi) is 6.57. The summed E-state index contributed by atoms with van der Waals surface area (Å²) < 4.78 is 21.4. The third-order valence-electron chi connectivity index (χ3n) is 6.09. The van der Waals surface area contributed by atoms with Crippen molar-refractivity contribution in [2.75, 3.05) is 13.2 Å². The van der Waals surface area contributed by atoms with Gasteiger partial charge < -0.3 is 28.5 Å². The number of fused-ring (bicyclic) bond motifs is 2. The molecule has 0 bridgehead atoms. The van der Waals surface area contributed by atoms with Crippen molar-refractivity contribution < 1.29 is 33.3 Å². The Bertz CT molecular complexity index is 1670. The van der Waals surface area contributed by atoms with Crippen molar-refractivity contribution in [1.82, 2.24) is 0 Å². The molecule has 0 atom stereocenters. The molecule has 0 aliphatic carbocycles. The van der Waals surface area contributed by atoms with Gasteiger partial charge in [0.1, 0.15) is 41.6 Å². The molecule has 0 fully saturated rings. The lowest BCUT2D eigenvalue weighted by Crippen LogP contribution is -2.21. The van der Waals surface area contributed by atoms with Crippen LogP contribution in [0.25, 0.3) is 21.9 Å². The Morgan fingerprint density at radius 3 is 1.76 bits per heavy atom. The maximum Gasteiger partial charge on any atom is 0.344 e. The van der Waals surface area contributed by atoms with Crippen molar-refractivity contribution in [2.45, 2.75) is 12.8 Å². The molecule has 2 N–H and O–H groups in total. The zero-order valence-electron chi connectivity index (χ0n) is 20.2. The summed E-state index contributed by atoms with van der Waals surface area (Å²) in [6.45, 7) is 1.48. The minimum absolute atomic E-state index is 0.0672. The van der Waals surface area contributed by atoms with Crippen LogP contribution in [-0.4, -0.2) is 29.4 Å². The minimum atomic E-state index is -1.24. The monoisotopic (exact) mass is 514 g/mol. The zero-order chi connectivity index (χ0) is 26.8. The molecule has 0 aliphatic heterocycles. The molecule has 38 heavy (non-hydrogen) atoms. The number of carbonyl (C=O) groups is 1. The molecule has 5 rings (SSSR count). The molecule has 2 heterocycles. The summed E-state index contributed by atoms with van der Waals surface area (Å²) in [4.78, 5) is 37.4. The van der Waals surface area contributed by atoms with E-state index in [-0.39, 0.29) is 57.8 Å². The maximum absolute atomic E-state index is 13.2. The first kappa shape index (κ1) is 24.6. The Labute approximate surface area is 215 Å². The zero-order valence-corrected chi connectivity index (χ0v) is 20.2. The van der Waals surface area contributed by atoms with Crippen molar-refractivity contribution in [2.24, 2.45) is 0 Å². The van der Waals surface area contributed by atoms with Crippen molar-refractivity contribution in [3.05, 3.63) is 110 Å². The molecule has 0 radical (unpaired) electrons. The quantitative estimate of drug-likeness (QED) is 0.184. The van der Waals surface area contributed by atoms with Crippen LogP contribution in [0.1, 0.15) is 29.5 Å². The highest BCUT2D eigenvalue weighted by atomic mass is 16.6. The third-order valence-corrected chi connectivity index (χ3v) is 6.09. The summed E-state index contributed by atoms with van der Waals surface area (Å²) in [5.41, 5.74) is -1.49. The summed E-state index contributed by atoms with van der Waals surface area (Å²) in [7, 11) is 0. The minimum Gasteiger partial charge on any atom is -0.507 e.